The maximum absolute atomic E-state index is 9.39. The SMILES string of the molecule is N#CCc1c(-c2ccc(Cl)cc2)nc2scc(-c3ccc4c(c3)OCO4)n12. The van der Waals surface area contributed by atoms with Crippen molar-refractivity contribution in [3.8, 4) is 40.1 Å². The lowest BCUT2D eigenvalue weighted by Gasteiger charge is -2.06. The minimum absolute atomic E-state index is 0.239. The van der Waals surface area contributed by atoms with Crippen LogP contribution in [0.2, 0.25) is 5.02 Å². The van der Waals surface area contributed by atoms with Gasteiger partial charge in [-0.15, -0.1) is 11.3 Å². The number of benzene rings is 2. The van der Waals surface area contributed by atoms with Crippen molar-refractivity contribution in [2.45, 2.75) is 6.42 Å². The zero-order chi connectivity index (χ0) is 18.4. The first kappa shape index (κ1) is 16.2. The summed E-state index contributed by atoms with van der Waals surface area (Å²) in [6.07, 6.45) is 0.257. The van der Waals surface area contributed by atoms with E-state index in [9.17, 15) is 5.26 Å². The second-order valence-electron chi connectivity index (χ2n) is 6.06. The van der Waals surface area contributed by atoms with E-state index in [-0.39, 0.29) is 13.2 Å². The van der Waals surface area contributed by atoms with Crippen LogP contribution >= 0.6 is 22.9 Å². The van der Waals surface area contributed by atoms with Crippen LogP contribution in [-0.2, 0) is 6.42 Å². The number of hydrogen-bond acceptors (Lipinski definition) is 5. The Morgan fingerprint density at radius 2 is 1.89 bits per heavy atom. The van der Waals surface area contributed by atoms with Gasteiger partial charge in [0.15, 0.2) is 16.5 Å². The van der Waals surface area contributed by atoms with Crippen molar-refractivity contribution in [1.82, 2.24) is 9.38 Å². The maximum Gasteiger partial charge on any atom is 0.231 e. The normalized spacial score (nSPS) is 12.4. The Kier molecular flexibility index (Phi) is 3.78. The lowest BCUT2D eigenvalue weighted by molar-refractivity contribution is 0.174. The van der Waals surface area contributed by atoms with Crippen molar-refractivity contribution in [2.24, 2.45) is 0 Å². The van der Waals surface area contributed by atoms with Gasteiger partial charge in [-0.05, 0) is 30.3 Å². The molecule has 0 saturated carbocycles. The van der Waals surface area contributed by atoms with Crippen LogP contribution in [-0.4, -0.2) is 16.2 Å². The Labute approximate surface area is 164 Å². The molecule has 4 aromatic rings. The number of thiazole rings is 1. The predicted molar refractivity (Wildman–Crippen MR) is 104 cm³/mol. The van der Waals surface area contributed by atoms with Crippen LogP contribution in [0.25, 0.3) is 27.5 Å². The molecule has 5 rings (SSSR count). The molecule has 5 nitrogen and oxygen atoms in total. The molecule has 0 bridgehead atoms. The molecule has 3 heterocycles. The first-order valence-corrected chi connectivity index (χ1v) is 9.52. The largest absolute Gasteiger partial charge is 0.454 e. The number of aromatic nitrogens is 2. The van der Waals surface area contributed by atoms with Crippen molar-refractivity contribution in [3.63, 3.8) is 0 Å². The second kappa shape index (κ2) is 6.31. The molecular formula is C20H12ClN3O2S. The van der Waals surface area contributed by atoms with E-state index in [0.29, 0.717) is 5.02 Å². The summed E-state index contributed by atoms with van der Waals surface area (Å²) >= 11 is 7.56. The summed E-state index contributed by atoms with van der Waals surface area (Å²) in [6.45, 7) is 0.239. The Balaban J connectivity index is 1.71. The predicted octanol–water partition coefficient (Wildman–Crippen LogP) is 5.18. The van der Waals surface area contributed by atoms with Gasteiger partial charge in [-0.3, -0.25) is 4.40 Å². The average Bonchev–Trinajstić information content (AvgIpc) is 3.38. The van der Waals surface area contributed by atoms with Gasteiger partial charge in [0.05, 0.1) is 29.6 Å². The van der Waals surface area contributed by atoms with Crippen molar-refractivity contribution >= 4 is 27.9 Å². The molecule has 0 saturated heterocycles. The minimum atomic E-state index is 0.239. The second-order valence-corrected chi connectivity index (χ2v) is 7.33. The van der Waals surface area contributed by atoms with Crippen LogP contribution in [0, 0.1) is 11.3 Å². The molecule has 7 heteroatoms. The first-order valence-electron chi connectivity index (χ1n) is 8.26. The van der Waals surface area contributed by atoms with Crippen LogP contribution in [0.15, 0.2) is 47.8 Å². The molecule has 0 atom stereocenters. The first-order chi connectivity index (χ1) is 13.2. The summed E-state index contributed by atoms with van der Waals surface area (Å²) in [7, 11) is 0. The van der Waals surface area contributed by atoms with Gasteiger partial charge < -0.3 is 9.47 Å². The van der Waals surface area contributed by atoms with Gasteiger partial charge >= 0.3 is 0 Å². The molecule has 0 aliphatic carbocycles. The fourth-order valence-corrected chi connectivity index (χ4v) is 4.29. The summed E-state index contributed by atoms with van der Waals surface area (Å²) in [5.74, 6) is 1.47. The Morgan fingerprint density at radius 3 is 2.70 bits per heavy atom. The molecule has 132 valence electrons. The molecule has 0 fully saturated rings. The van der Waals surface area contributed by atoms with Gasteiger partial charge in [-0.1, -0.05) is 23.7 Å². The van der Waals surface area contributed by atoms with Gasteiger partial charge in [0.1, 0.15) is 0 Å². The number of rotatable bonds is 3. The zero-order valence-corrected chi connectivity index (χ0v) is 15.5. The van der Waals surface area contributed by atoms with Gasteiger partial charge in [0, 0.05) is 21.5 Å². The van der Waals surface area contributed by atoms with Crippen molar-refractivity contribution in [2.75, 3.05) is 6.79 Å². The smallest absolute Gasteiger partial charge is 0.231 e. The monoisotopic (exact) mass is 393 g/mol. The number of fused-ring (bicyclic) bond motifs is 2. The minimum Gasteiger partial charge on any atom is -0.454 e. The lowest BCUT2D eigenvalue weighted by Crippen LogP contribution is -1.95. The van der Waals surface area contributed by atoms with Crippen LogP contribution in [0.3, 0.4) is 0 Å². The third-order valence-electron chi connectivity index (χ3n) is 4.49. The lowest BCUT2D eigenvalue weighted by atomic mass is 10.1. The molecule has 0 amide bonds. The van der Waals surface area contributed by atoms with E-state index in [2.05, 4.69) is 10.5 Å². The fraction of sp³-hybridized carbons (Fsp3) is 0.100. The third kappa shape index (κ3) is 2.64. The standard InChI is InChI=1S/C20H12ClN3O2S/c21-14-4-1-12(2-5-14)19-15(7-8-22)24-16(10-27-20(24)23-19)13-3-6-17-18(9-13)26-11-25-17/h1-6,9-10H,7,11H2. The fourth-order valence-electron chi connectivity index (χ4n) is 3.25. The highest BCUT2D eigenvalue weighted by Crippen LogP contribution is 2.38. The van der Waals surface area contributed by atoms with Gasteiger partial charge in [-0.25, -0.2) is 4.98 Å². The highest BCUT2D eigenvalue weighted by atomic mass is 35.5. The van der Waals surface area contributed by atoms with E-state index in [1.54, 1.807) is 11.3 Å². The van der Waals surface area contributed by atoms with Crippen molar-refractivity contribution < 1.29 is 9.47 Å². The molecule has 2 aromatic heterocycles. The van der Waals surface area contributed by atoms with Crippen molar-refractivity contribution in [3.05, 3.63) is 58.6 Å². The van der Waals surface area contributed by atoms with Crippen LogP contribution in [0.1, 0.15) is 5.69 Å². The number of nitriles is 1. The van der Waals surface area contributed by atoms with E-state index in [4.69, 9.17) is 26.1 Å². The van der Waals surface area contributed by atoms with Crippen LogP contribution in [0.4, 0.5) is 0 Å². The number of nitrogens with zero attached hydrogens (tertiary/aromatic N) is 3. The highest BCUT2D eigenvalue weighted by Gasteiger charge is 2.20. The number of imidazole rings is 1. The highest BCUT2D eigenvalue weighted by molar-refractivity contribution is 7.15. The number of hydrogen-bond donors (Lipinski definition) is 0. The van der Waals surface area contributed by atoms with Crippen LogP contribution < -0.4 is 9.47 Å². The molecule has 27 heavy (non-hydrogen) atoms. The van der Waals surface area contributed by atoms with E-state index < -0.39 is 0 Å². The van der Waals surface area contributed by atoms with Crippen LogP contribution in [0.5, 0.6) is 11.5 Å². The number of halogens is 1. The van der Waals surface area contributed by atoms with E-state index >= 15 is 0 Å². The molecule has 1 aliphatic heterocycles. The molecule has 2 aromatic carbocycles. The maximum atomic E-state index is 9.39. The molecule has 0 radical (unpaired) electrons. The Morgan fingerprint density at radius 1 is 1.11 bits per heavy atom. The summed E-state index contributed by atoms with van der Waals surface area (Å²) in [6, 6.07) is 15.6. The third-order valence-corrected chi connectivity index (χ3v) is 5.57. The summed E-state index contributed by atoms with van der Waals surface area (Å²) in [4.78, 5) is 5.63. The quantitative estimate of drug-likeness (QED) is 0.481. The topological polar surface area (TPSA) is 59.5 Å². The summed E-state index contributed by atoms with van der Waals surface area (Å²) in [5, 5.41) is 12.1. The van der Waals surface area contributed by atoms with Gasteiger partial charge in [0.2, 0.25) is 6.79 Å². The molecule has 1 aliphatic rings. The summed E-state index contributed by atoms with van der Waals surface area (Å²) < 4.78 is 13.0. The van der Waals surface area contributed by atoms with Gasteiger partial charge in [-0.2, -0.15) is 5.26 Å². The molecule has 0 N–H and O–H groups in total. The number of ether oxygens (including phenoxy) is 2. The molecular weight excluding hydrogens is 382 g/mol. The summed E-state index contributed by atoms with van der Waals surface area (Å²) in [5.41, 5.74) is 4.58. The molecule has 0 spiro atoms. The zero-order valence-electron chi connectivity index (χ0n) is 14.0. The Hall–Kier alpha value is -3.01. The van der Waals surface area contributed by atoms with E-state index in [1.807, 2.05) is 47.8 Å². The van der Waals surface area contributed by atoms with E-state index in [1.165, 1.54) is 0 Å². The van der Waals surface area contributed by atoms with E-state index in [0.717, 1.165) is 44.7 Å². The van der Waals surface area contributed by atoms with Crippen molar-refractivity contribution in [1.29, 1.82) is 5.26 Å². The average molecular weight is 394 g/mol. The Bertz CT molecular complexity index is 1200. The molecule has 0 unspecified atom stereocenters. The van der Waals surface area contributed by atoms with Gasteiger partial charge in [0.25, 0.3) is 0 Å².